The average molecular weight is 416 g/mol. The Morgan fingerprint density at radius 3 is 2.60 bits per heavy atom. The number of alkyl halides is 3. The number of H-pyrrole nitrogens is 1. The molecule has 0 aliphatic rings. The molecule has 4 aromatic rings. The van der Waals surface area contributed by atoms with Crippen molar-refractivity contribution in [3.63, 3.8) is 0 Å². The third kappa shape index (κ3) is 3.43. The minimum atomic E-state index is -4.56. The number of hydrogen-bond acceptors (Lipinski definition) is 6. The Morgan fingerprint density at radius 2 is 2.00 bits per heavy atom. The van der Waals surface area contributed by atoms with Gasteiger partial charge in [0.2, 0.25) is 0 Å². The van der Waals surface area contributed by atoms with Crippen LogP contribution in [0.15, 0.2) is 47.9 Å². The normalized spacial score (nSPS) is 13.0. The Labute approximate surface area is 167 Å². The Balaban J connectivity index is 1.96. The summed E-state index contributed by atoms with van der Waals surface area (Å²) in [6.45, 7) is 1.40. The third-order valence-corrected chi connectivity index (χ3v) is 4.63. The van der Waals surface area contributed by atoms with Gasteiger partial charge in [-0.2, -0.15) is 18.3 Å². The Hall–Kier alpha value is -3.60. The van der Waals surface area contributed by atoms with Crippen molar-refractivity contribution in [2.45, 2.75) is 19.1 Å². The summed E-state index contributed by atoms with van der Waals surface area (Å²) < 4.78 is 39.8. The predicted octanol–water partition coefficient (Wildman–Crippen LogP) is 2.82. The molecule has 0 fully saturated rings. The molecule has 1 unspecified atom stereocenters. The van der Waals surface area contributed by atoms with E-state index in [1.807, 2.05) is 0 Å². The zero-order valence-electron chi connectivity index (χ0n) is 15.6. The fourth-order valence-corrected chi connectivity index (χ4v) is 2.99. The molecular weight excluding hydrogens is 401 g/mol. The standard InChI is InChI=1S/C19H15F3N6O2/c1-10(8-29)28-9-24-17-13(18(28)30)4-14(27-16(17)12-6-25-26-7-12)11-2-3-15(23-5-11)19(20,21)22/h2-7,9-10,29H,8H2,1H3,(H,25,26). The molecule has 0 saturated heterocycles. The van der Waals surface area contributed by atoms with Crippen LogP contribution in [0.5, 0.6) is 0 Å². The number of fused-ring (bicyclic) bond motifs is 1. The van der Waals surface area contributed by atoms with E-state index in [2.05, 4.69) is 25.1 Å². The van der Waals surface area contributed by atoms with Crippen molar-refractivity contribution in [2.24, 2.45) is 0 Å². The van der Waals surface area contributed by atoms with Gasteiger partial charge >= 0.3 is 6.18 Å². The smallest absolute Gasteiger partial charge is 0.394 e. The van der Waals surface area contributed by atoms with E-state index in [4.69, 9.17) is 0 Å². The largest absolute Gasteiger partial charge is 0.433 e. The van der Waals surface area contributed by atoms with Gasteiger partial charge in [0.05, 0.1) is 36.3 Å². The van der Waals surface area contributed by atoms with Crippen molar-refractivity contribution in [2.75, 3.05) is 6.61 Å². The number of aliphatic hydroxyl groups is 1. The van der Waals surface area contributed by atoms with Crippen LogP contribution in [0.4, 0.5) is 13.2 Å². The van der Waals surface area contributed by atoms with Crippen LogP contribution in [0.1, 0.15) is 18.7 Å². The maximum absolute atomic E-state index is 13.0. The number of hydrogen-bond donors (Lipinski definition) is 2. The molecule has 0 amide bonds. The molecule has 4 rings (SSSR count). The minimum absolute atomic E-state index is 0.207. The lowest BCUT2D eigenvalue weighted by Crippen LogP contribution is -2.25. The fraction of sp³-hybridized carbons (Fsp3) is 0.211. The van der Waals surface area contributed by atoms with Crippen molar-refractivity contribution < 1.29 is 18.3 Å². The van der Waals surface area contributed by atoms with Crippen molar-refractivity contribution >= 4 is 10.9 Å². The topological polar surface area (TPSA) is 110 Å². The van der Waals surface area contributed by atoms with E-state index in [1.54, 1.807) is 13.1 Å². The molecular formula is C19H15F3N6O2. The minimum Gasteiger partial charge on any atom is -0.394 e. The number of pyridine rings is 2. The van der Waals surface area contributed by atoms with Crippen molar-refractivity contribution in [3.8, 4) is 22.5 Å². The third-order valence-electron chi connectivity index (χ3n) is 4.63. The average Bonchev–Trinajstić information content (AvgIpc) is 3.27. The van der Waals surface area contributed by atoms with E-state index < -0.39 is 23.5 Å². The highest BCUT2D eigenvalue weighted by molar-refractivity contribution is 5.93. The van der Waals surface area contributed by atoms with Crippen LogP contribution in [-0.2, 0) is 6.18 Å². The highest BCUT2D eigenvalue weighted by Gasteiger charge is 2.32. The molecule has 4 aromatic heterocycles. The number of nitrogens with zero attached hydrogens (tertiary/aromatic N) is 5. The van der Waals surface area contributed by atoms with Crippen molar-refractivity contribution in [1.29, 1.82) is 0 Å². The highest BCUT2D eigenvalue weighted by atomic mass is 19.4. The van der Waals surface area contributed by atoms with Crippen LogP contribution in [0.3, 0.4) is 0 Å². The predicted molar refractivity (Wildman–Crippen MR) is 101 cm³/mol. The lowest BCUT2D eigenvalue weighted by atomic mass is 10.1. The van der Waals surface area contributed by atoms with Crippen LogP contribution in [0.2, 0.25) is 0 Å². The molecule has 0 aromatic carbocycles. The fourth-order valence-electron chi connectivity index (χ4n) is 2.99. The monoisotopic (exact) mass is 416 g/mol. The highest BCUT2D eigenvalue weighted by Crippen LogP contribution is 2.31. The van der Waals surface area contributed by atoms with Gasteiger partial charge in [0, 0.05) is 23.5 Å². The van der Waals surface area contributed by atoms with E-state index >= 15 is 0 Å². The second-order valence-corrected chi connectivity index (χ2v) is 6.66. The van der Waals surface area contributed by atoms with Gasteiger partial charge in [-0.05, 0) is 25.1 Å². The SMILES string of the molecule is CC(CO)n1cnc2c(-c3cn[nH]c3)nc(-c3ccc(C(F)(F)F)nc3)cc2c1=O. The van der Waals surface area contributed by atoms with E-state index in [0.717, 1.165) is 12.3 Å². The van der Waals surface area contributed by atoms with Gasteiger partial charge < -0.3 is 5.11 Å². The number of aromatic nitrogens is 6. The molecule has 8 nitrogen and oxygen atoms in total. The summed E-state index contributed by atoms with van der Waals surface area (Å²) in [5.74, 6) is 0. The number of nitrogens with one attached hydrogen (secondary N) is 1. The molecule has 0 spiro atoms. The lowest BCUT2D eigenvalue weighted by molar-refractivity contribution is -0.141. The second kappa shape index (κ2) is 7.34. The van der Waals surface area contributed by atoms with Crippen LogP contribution >= 0.6 is 0 Å². The first-order valence-corrected chi connectivity index (χ1v) is 8.85. The lowest BCUT2D eigenvalue weighted by Gasteiger charge is -2.14. The van der Waals surface area contributed by atoms with Crippen LogP contribution < -0.4 is 5.56 Å². The number of rotatable bonds is 4. The van der Waals surface area contributed by atoms with E-state index in [9.17, 15) is 23.1 Å². The maximum Gasteiger partial charge on any atom is 0.433 e. The number of aromatic amines is 1. The van der Waals surface area contributed by atoms with Crippen LogP contribution in [0.25, 0.3) is 33.4 Å². The summed E-state index contributed by atoms with van der Waals surface area (Å²) >= 11 is 0. The first-order chi connectivity index (χ1) is 14.3. The molecule has 0 saturated carbocycles. The van der Waals surface area contributed by atoms with Gasteiger partial charge in [0.1, 0.15) is 16.9 Å². The Bertz CT molecular complexity index is 1250. The summed E-state index contributed by atoms with van der Waals surface area (Å²) in [5, 5.41) is 16.1. The molecule has 0 radical (unpaired) electrons. The summed E-state index contributed by atoms with van der Waals surface area (Å²) in [6, 6.07) is 3.05. The summed E-state index contributed by atoms with van der Waals surface area (Å²) in [4.78, 5) is 25.3. The Kier molecular flexibility index (Phi) is 4.82. The van der Waals surface area contributed by atoms with Crippen molar-refractivity contribution in [1.82, 2.24) is 29.7 Å². The molecule has 154 valence electrons. The molecule has 0 aliphatic heterocycles. The van der Waals surface area contributed by atoms with Gasteiger partial charge in [-0.1, -0.05) is 0 Å². The molecule has 4 heterocycles. The number of aliphatic hydroxyl groups excluding tert-OH is 1. The van der Waals surface area contributed by atoms with E-state index in [-0.39, 0.29) is 17.7 Å². The number of halogens is 3. The molecule has 0 bridgehead atoms. The van der Waals surface area contributed by atoms with Crippen LogP contribution in [-0.4, -0.2) is 41.4 Å². The van der Waals surface area contributed by atoms with Gasteiger partial charge in [-0.25, -0.2) is 9.97 Å². The Morgan fingerprint density at radius 1 is 1.20 bits per heavy atom. The van der Waals surface area contributed by atoms with E-state index in [1.165, 1.54) is 29.2 Å². The van der Waals surface area contributed by atoms with Gasteiger partial charge in [0.15, 0.2) is 0 Å². The first-order valence-electron chi connectivity index (χ1n) is 8.85. The van der Waals surface area contributed by atoms with Crippen molar-refractivity contribution in [3.05, 3.63) is 59.2 Å². The summed E-state index contributed by atoms with van der Waals surface area (Å²) in [7, 11) is 0. The maximum atomic E-state index is 13.0. The zero-order valence-corrected chi connectivity index (χ0v) is 15.6. The second-order valence-electron chi connectivity index (χ2n) is 6.66. The van der Waals surface area contributed by atoms with Gasteiger partial charge in [0.25, 0.3) is 5.56 Å². The van der Waals surface area contributed by atoms with E-state index in [0.29, 0.717) is 22.3 Å². The molecule has 1 atom stereocenters. The summed E-state index contributed by atoms with van der Waals surface area (Å²) in [6.07, 6.45) is 0.896. The molecule has 2 N–H and O–H groups in total. The first kappa shape index (κ1) is 19.7. The molecule has 30 heavy (non-hydrogen) atoms. The zero-order chi connectivity index (χ0) is 21.5. The molecule has 0 aliphatic carbocycles. The quantitative estimate of drug-likeness (QED) is 0.530. The van der Waals surface area contributed by atoms with Gasteiger partial charge in [-0.15, -0.1) is 0 Å². The molecule has 11 heteroatoms. The summed E-state index contributed by atoms with van der Waals surface area (Å²) in [5.41, 5.74) is 0.343. The van der Waals surface area contributed by atoms with Gasteiger partial charge in [-0.3, -0.25) is 19.4 Å². The van der Waals surface area contributed by atoms with Crippen LogP contribution in [0, 0.1) is 0 Å².